The van der Waals surface area contributed by atoms with Crippen LogP contribution in [0.3, 0.4) is 0 Å². The number of benzene rings is 2. The highest BCUT2D eigenvalue weighted by Crippen LogP contribution is 2.55. The van der Waals surface area contributed by atoms with Gasteiger partial charge in [0.2, 0.25) is 11.9 Å². The lowest BCUT2D eigenvalue weighted by atomic mass is 9.77. The number of amides is 2. The Labute approximate surface area is 214 Å². The van der Waals surface area contributed by atoms with Gasteiger partial charge in [-0.15, -0.1) is 0 Å². The summed E-state index contributed by atoms with van der Waals surface area (Å²) in [5, 5.41) is 15.8. The van der Waals surface area contributed by atoms with Crippen molar-refractivity contribution in [3.63, 3.8) is 0 Å². The summed E-state index contributed by atoms with van der Waals surface area (Å²) in [7, 11) is 1.75. The fraction of sp³-hybridized carbons (Fsp3) is 0.192. The van der Waals surface area contributed by atoms with Crippen LogP contribution in [0.5, 0.6) is 5.75 Å². The van der Waals surface area contributed by atoms with Crippen molar-refractivity contribution in [3.8, 4) is 5.75 Å². The maximum Gasteiger partial charge on any atom is 0.280 e. The molecule has 12 nitrogen and oxygen atoms in total. The first kappa shape index (κ1) is 22.1. The Bertz CT molecular complexity index is 1770. The van der Waals surface area contributed by atoms with Crippen LogP contribution in [0.25, 0.3) is 17.2 Å². The molecule has 3 unspecified atom stereocenters. The first-order chi connectivity index (χ1) is 18.3. The van der Waals surface area contributed by atoms with Crippen LogP contribution < -0.4 is 21.9 Å². The monoisotopic (exact) mass is 510 g/mol. The maximum atomic E-state index is 13.9. The standard InChI is InChI=1S/C26H22N8O4/c1-33-19-18(21(37)32-25(27)31-19)30-23(33)26-11-17-20(36)28-16(10-12-6-8-13(35)9-7-12)22(38)34(17)24(26)29-15-5-3-2-4-14(15)26/h2-10,17,24,29,35H,11H2,1H3,(H,28,36)(H3,27,31,32,37). The average Bonchev–Trinajstić information content (AvgIpc) is 3.51. The molecule has 3 aliphatic rings. The highest BCUT2D eigenvalue weighted by molar-refractivity contribution is 6.08. The number of nitrogens with two attached hydrogens (primary N) is 1. The summed E-state index contributed by atoms with van der Waals surface area (Å²) in [6.07, 6.45) is 1.17. The van der Waals surface area contributed by atoms with Gasteiger partial charge in [0.05, 0.1) is 5.41 Å². The molecule has 0 spiro atoms. The molecule has 2 aromatic heterocycles. The van der Waals surface area contributed by atoms with Crippen molar-refractivity contribution in [2.45, 2.75) is 24.0 Å². The second-order valence-electron chi connectivity index (χ2n) is 9.75. The molecule has 0 bridgehead atoms. The number of nitrogens with one attached hydrogen (secondary N) is 3. The van der Waals surface area contributed by atoms with Gasteiger partial charge in [-0.1, -0.05) is 30.3 Å². The van der Waals surface area contributed by atoms with Crippen molar-refractivity contribution >= 4 is 40.7 Å². The van der Waals surface area contributed by atoms with Gasteiger partial charge in [-0.05, 0) is 41.8 Å². The Balaban J connectivity index is 1.42. The van der Waals surface area contributed by atoms with Crippen molar-refractivity contribution in [2.75, 3.05) is 11.1 Å². The smallest absolute Gasteiger partial charge is 0.280 e. The zero-order valence-electron chi connectivity index (χ0n) is 20.1. The van der Waals surface area contributed by atoms with Crippen LogP contribution in [0, 0.1) is 0 Å². The van der Waals surface area contributed by atoms with E-state index in [-0.39, 0.29) is 41.1 Å². The van der Waals surface area contributed by atoms with E-state index >= 15 is 0 Å². The van der Waals surface area contributed by atoms with Gasteiger partial charge in [0.15, 0.2) is 11.2 Å². The van der Waals surface area contributed by atoms with Crippen LogP contribution in [0.4, 0.5) is 11.6 Å². The lowest BCUT2D eigenvalue weighted by Crippen LogP contribution is -2.58. The van der Waals surface area contributed by atoms with E-state index in [0.29, 0.717) is 17.0 Å². The molecular weight excluding hydrogens is 488 g/mol. The number of anilines is 2. The van der Waals surface area contributed by atoms with E-state index in [0.717, 1.165) is 11.3 Å². The van der Waals surface area contributed by atoms with Crippen LogP contribution >= 0.6 is 0 Å². The molecule has 2 aromatic carbocycles. The van der Waals surface area contributed by atoms with Crippen LogP contribution in [0.15, 0.2) is 59.0 Å². The molecule has 0 aliphatic carbocycles. The van der Waals surface area contributed by atoms with Crippen molar-refractivity contribution in [1.82, 2.24) is 29.7 Å². The molecule has 0 saturated carbocycles. The lowest BCUT2D eigenvalue weighted by Gasteiger charge is -2.35. The number of fused-ring (bicyclic) bond motifs is 6. The molecule has 7 rings (SSSR count). The number of nitrogens with zero attached hydrogens (tertiary/aromatic N) is 4. The number of hydrogen-bond donors (Lipinski definition) is 5. The highest BCUT2D eigenvalue weighted by Gasteiger charge is 2.65. The topological polar surface area (TPSA) is 171 Å². The molecule has 3 aliphatic heterocycles. The van der Waals surface area contributed by atoms with Gasteiger partial charge in [-0.2, -0.15) is 4.98 Å². The average molecular weight is 511 g/mol. The van der Waals surface area contributed by atoms with Crippen molar-refractivity contribution < 1.29 is 14.7 Å². The van der Waals surface area contributed by atoms with Gasteiger partial charge in [-0.25, -0.2) is 4.98 Å². The largest absolute Gasteiger partial charge is 0.508 e. The second kappa shape index (κ2) is 7.44. The molecule has 12 heteroatoms. The van der Waals surface area contributed by atoms with Crippen molar-refractivity contribution in [2.24, 2.45) is 7.05 Å². The summed E-state index contributed by atoms with van der Waals surface area (Å²) in [6.45, 7) is 0. The molecular formula is C26H22N8O4. The number of para-hydroxylation sites is 1. The third kappa shape index (κ3) is 2.82. The Morgan fingerprint density at radius 3 is 2.66 bits per heavy atom. The molecule has 2 fully saturated rings. The van der Waals surface area contributed by atoms with E-state index in [1.807, 2.05) is 24.3 Å². The number of aryl methyl sites for hydroxylation is 1. The first-order valence-electron chi connectivity index (χ1n) is 12.0. The molecule has 190 valence electrons. The summed E-state index contributed by atoms with van der Waals surface area (Å²) in [4.78, 5) is 53.1. The number of aromatic nitrogens is 4. The number of carbonyl (C=O) groups excluding carboxylic acids is 2. The predicted molar refractivity (Wildman–Crippen MR) is 138 cm³/mol. The molecule has 2 amide bonds. The number of carbonyl (C=O) groups is 2. The van der Waals surface area contributed by atoms with Gasteiger partial charge in [0.25, 0.3) is 11.5 Å². The molecule has 5 heterocycles. The lowest BCUT2D eigenvalue weighted by molar-refractivity contribution is -0.141. The number of phenols is 1. The second-order valence-corrected chi connectivity index (χ2v) is 9.75. The van der Waals surface area contributed by atoms with Crippen LogP contribution in [0.1, 0.15) is 23.4 Å². The number of phenolic OH excluding ortho intramolecular Hbond substituents is 1. The Kier molecular flexibility index (Phi) is 4.33. The van der Waals surface area contributed by atoms with Crippen molar-refractivity contribution in [3.05, 3.63) is 81.5 Å². The summed E-state index contributed by atoms with van der Waals surface area (Å²) in [6, 6.07) is 13.2. The zero-order valence-corrected chi connectivity index (χ0v) is 20.1. The molecule has 2 saturated heterocycles. The number of rotatable bonds is 2. The molecule has 3 atom stereocenters. The number of aromatic amines is 1. The zero-order chi connectivity index (χ0) is 26.3. The van der Waals surface area contributed by atoms with Crippen molar-refractivity contribution in [1.29, 1.82) is 0 Å². The van der Waals surface area contributed by atoms with Crippen LogP contribution in [0.2, 0.25) is 0 Å². The summed E-state index contributed by atoms with van der Waals surface area (Å²) in [5.74, 6) is -0.104. The minimum atomic E-state index is -0.946. The fourth-order valence-corrected chi connectivity index (χ4v) is 6.07. The summed E-state index contributed by atoms with van der Waals surface area (Å²) >= 11 is 0. The van der Waals surface area contributed by atoms with E-state index in [1.165, 1.54) is 12.1 Å². The number of hydrogen-bond acceptors (Lipinski definition) is 8. The van der Waals surface area contributed by atoms with Gasteiger partial charge in [0.1, 0.15) is 29.5 Å². The number of piperazine rings is 1. The van der Waals surface area contributed by atoms with Gasteiger partial charge >= 0.3 is 0 Å². The van der Waals surface area contributed by atoms with Crippen LogP contribution in [-0.2, 0) is 22.1 Å². The minimum absolute atomic E-state index is 0.0292. The number of nitrogen functional groups attached to an aromatic ring is 1. The first-order valence-corrected chi connectivity index (χ1v) is 12.0. The van der Waals surface area contributed by atoms with Crippen LogP contribution in [-0.4, -0.2) is 53.5 Å². The van der Waals surface area contributed by atoms with E-state index in [9.17, 15) is 19.5 Å². The SMILES string of the molecule is Cn1c(C23CC4C(=O)NC(=Cc5ccc(O)cc5)C(=O)N4C2Nc2ccccc23)nc2c(=O)[nH]c(N)nc21. The molecule has 0 radical (unpaired) electrons. The Hall–Kier alpha value is -5.13. The number of H-pyrrole nitrogens is 1. The highest BCUT2D eigenvalue weighted by atomic mass is 16.3. The Morgan fingerprint density at radius 1 is 1.11 bits per heavy atom. The van der Waals surface area contributed by atoms with Gasteiger partial charge < -0.3 is 30.9 Å². The number of aromatic hydroxyl groups is 1. The quantitative estimate of drug-likeness (QED) is 0.246. The fourth-order valence-electron chi connectivity index (χ4n) is 6.07. The summed E-state index contributed by atoms with van der Waals surface area (Å²) < 4.78 is 1.71. The molecule has 6 N–H and O–H groups in total. The number of imidazole rings is 1. The van der Waals surface area contributed by atoms with E-state index in [2.05, 4.69) is 20.6 Å². The van der Waals surface area contributed by atoms with E-state index in [1.54, 1.807) is 34.7 Å². The third-order valence-corrected chi connectivity index (χ3v) is 7.67. The van der Waals surface area contributed by atoms with E-state index < -0.39 is 23.2 Å². The Morgan fingerprint density at radius 2 is 1.87 bits per heavy atom. The normalized spacial score (nSPS) is 24.8. The third-order valence-electron chi connectivity index (χ3n) is 7.67. The molecule has 38 heavy (non-hydrogen) atoms. The van der Waals surface area contributed by atoms with Gasteiger partial charge in [0, 0.05) is 12.7 Å². The van der Waals surface area contributed by atoms with Gasteiger partial charge in [-0.3, -0.25) is 19.4 Å². The maximum absolute atomic E-state index is 13.9. The van der Waals surface area contributed by atoms with E-state index in [4.69, 9.17) is 10.7 Å². The predicted octanol–water partition coefficient (Wildman–Crippen LogP) is 0.754. The summed E-state index contributed by atoms with van der Waals surface area (Å²) in [5.41, 5.74) is 7.29. The minimum Gasteiger partial charge on any atom is -0.508 e. The molecule has 4 aromatic rings.